The van der Waals surface area contributed by atoms with Gasteiger partial charge in [0.25, 0.3) is 5.56 Å². The van der Waals surface area contributed by atoms with Gasteiger partial charge in [-0.1, -0.05) is 38.1 Å². The van der Waals surface area contributed by atoms with E-state index in [1.807, 2.05) is 32.0 Å². The molecule has 2 heterocycles. The molecule has 152 valence electrons. The van der Waals surface area contributed by atoms with Crippen molar-refractivity contribution in [3.05, 3.63) is 93.8 Å². The van der Waals surface area contributed by atoms with E-state index in [9.17, 15) is 19.1 Å². The zero-order chi connectivity index (χ0) is 21.4. The first-order valence-electron chi connectivity index (χ1n) is 9.69. The van der Waals surface area contributed by atoms with E-state index >= 15 is 0 Å². The minimum absolute atomic E-state index is 0.0362. The van der Waals surface area contributed by atoms with Crippen molar-refractivity contribution in [2.75, 3.05) is 0 Å². The van der Waals surface area contributed by atoms with E-state index in [0.717, 1.165) is 5.56 Å². The SMILES string of the molecule is CC(C)c1ccc2c(c1)c(-c1ccc[nH]c1=O)c(C(=O)O)n2Cc1ccccc1F. The number of carboxylic acid groups (broad SMARTS) is 1. The summed E-state index contributed by atoms with van der Waals surface area (Å²) in [5.41, 5.74) is 2.24. The molecule has 4 rings (SSSR count). The van der Waals surface area contributed by atoms with Gasteiger partial charge in [-0.3, -0.25) is 4.79 Å². The molecule has 0 spiro atoms. The number of hydrogen-bond donors (Lipinski definition) is 2. The number of carbonyl (C=O) groups is 1. The molecule has 0 bridgehead atoms. The topological polar surface area (TPSA) is 75.1 Å². The summed E-state index contributed by atoms with van der Waals surface area (Å²) in [7, 11) is 0. The Morgan fingerprint density at radius 3 is 2.57 bits per heavy atom. The molecule has 0 saturated carbocycles. The molecule has 2 N–H and O–H groups in total. The molecule has 0 aliphatic heterocycles. The van der Waals surface area contributed by atoms with Crippen LogP contribution in [0.1, 0.15) is 41.4 Å². The molecule has 2 aromatic carbocycles. The number of nitrogens with zero attached hydrogens (tertiary/aromatic N) is 1. The fraction of sp³-hybridized carbons (Fsp3) is 0.167. The number of hydrogen-bond acceptors (Lipinski definition) is 2. The molecule has 0 unspecified atom stereocenters. The Kier molecular flexibility index (Phi) is 4.99. The van der Waals surface area contributed by atoms with E-state index in [0.29, 0.717) is 22.0 Å². The highest BCUT2D eigenvalue weighted by Crippen LogP contribution is 2.36. The molecule has 0 fully saturated rings. The van der Waals surface area contributed by atoms with Gasteiger partial charge in [0.2, 0.25) is 0 Å². The number of aromatic nitrogens is 2. The number of carboxylic acids is 1. The number of H-pyrrole nitrogens is 1. The Morgan fingerprint density at radius 1 is 1.13 bits per heavy atom. The largest absolute Gasteiger partial charge is 0.477 e. The van der Waals surface area contributed by atoms with Crippen LogP contribution >= 0.6 is 0 Å². The lowest BCUT2D eigenvalue weighted by Gasteiger charge is -2.10. The first-order valence-corrected chi connectivity index (χ1v) is 9.69. The minimum atomic E-state index is -1.17. The fourth-order valence-corrected chi connectivity index (χ4v) is 3.81. The highest BCUT2D eigenvalue weighted by molar-refractivity contribution is 6.08. The predicted molar refractivity (Wildman–Crippen MR) is 115 cm³/mol. The van der Waals surface area contributed by atoms with Crippen LogP contribution in [-0.4, -0.2) is 20.6 Å². The second-order valence-electron chi connectivity index (χ2n) is 7.55. The second kappa shape index (κ2) is 7.63. The Hall–Kier alpha value is -3.67. The number of pyridine rings is 1. The number of fused-ring (bicyclic) bond motifs is 1. The molecule has 0 aliphatic carbocycles. The van der Waals surface area contributed by atoms with Gasteiger partial charge >= 0.3 is 5.97 Å². The lowest BCUT2D eigenvalue weighted by molar-refractivity contribution is 0.0687. The summed E-state index contributed by atoms with van der Waals surface area (Å²) in [6, 6.07) is 15.3. The molecule has 0 atom stereocenters. The number of benzene rings is 2. The number of aromatic carboxylic acids is 1. The maximum absolute atomic E-state index is 14.4. The third-order valence-electron chi connectivity index (χ3n) is 5.33. The van der Waals surface area contributed by atoms with Crippen LogP contribution in [0.5, 0.6) is 0 Å². The molecule has 5 nitrogen and oxygen atoms in total. The van der Waals surface area contributed by atoms with Crippen LogP contribution in [0.2, 0.25) is 0 Å². The molecular weight excluding hydrogens is 383 g/mol. The van der Waals surface area contributed by atoms with Gasteiger partial charge < -0.3 is 14.7 Å². The van der Waals surface area contributed by atoms with Gasteiger partial charge in [0.15, 0.2) is 0 Å². The van der Waals surface area contributed by atoms with Gasteiger partial charge in [-0.25, -0.2) is 9.18 Å². The zero-order valence-corrected chi connectivity index (χ0v) is 16.6. The van der Waals surface area contributed by atoms with Crippen molar-refractivity contribution in [1.29, 1.82) is 0 Å². The summed E-state index contributed by atoms with van der Waals surface area (Å²) in [5, 5.41) is 10.8. The van der Waals surface area contributed by atoms with E-state index in [1.165, 1.54) is 12.3 Å². The standard InChI is InChI=1S/C24H21FN2O3/c1-14(2)15-9-10-20-18(12-15)21(17-7-5-11-26-23(17)28)22(24(29)30)27(20)13-16-6-3-4-8-19(16)25/h3-12,14H,13H2,1-2H3,(H,26,28)(H,29,30). The summed E-state index contributed by atoms with van der Waals surface area (Å²) in [5.74, 6) is -1.36. The monoisotopic (exact) mass is 404 g/mol. The van der Waals surface area contributed by atoms with E-state index in [1.54, 1.807) is 34.9 Å². The normalized spacial score (nSPS) is 11.3. The summed E-state index contributed by atoms with van der Waals surface area (Å²) < 4.78 is 15.9. The van der Waals surface area contributed by atoms with Crippen LogP contribution in [0.25, 0.3) is 22.0 Å². The highest BCUT2D eigenvalue weighted by Gasteiger charge is 2.26. The molecule has 0 saturated heterocycles. The summed E-state index contributed by atoms with van der Waals surface area (Å²) in [6.45, 7) is 4.13. The predicted octanol–water partition coefficient (Wildman–Crippen LogP) is 5.01. The maximum atomic E-state index is 14.4. The first kappa shape index (κ1) is 19.6. The van der Waals surface area contributed by atoms with Crippen molar-refractivity contribution in [3.8, 4) is 11.1 Å². The Balaban J connectivity index is 2.10. The minimum Gasteiger partial charge on any atom is -0.477 e. The molecule has 2 aromatic heterocycles. The Bertz CT molecular complexity index is 1320. The number of halogens is 1. The van der Waals surface area contributed by atoms with Gasteiger partial charge in [0, 0.05) is 33.8 Å². The van der Waals surface area contributed by atoms with Gasteiger partial charge in [-0.05, 0) is 41.8 Å². The first-order chi connectivity index (χ1) is 14.4. The van der Waals surface area contributed by atoms with Crippen molar-refractivity contribution < 1.29 is 14.3 Å². The van der Waals surface area contributed by atoms with Crippen molar-refractivity contribution in [2.24, 2.45) is 0 Å². The van der Waals surface area contributed by atoms with Crippen molar-refractivity contribution >= 4 is 16.9 Å². The number of nitrogens with one attached hydrogen (secondary N) is 1. The van der Waals surface area contributed by atoms with Gasteiger partial charge in [-0.2, -0.15) is 0 Å². The maximum Gasteiger partial charge on any atom is 0.353 e. The molecular formula is C24H21FN2O3. The molecule has 4 aromatic rings. The van der Waals surface area contributed by atoms with Crippen LogP contribution in [-0.2, 0) is 6.54 Å². The van der Waals surface area contributed by atoms with Crippen molar-refractivity contribution in [2.45, 2.75) is 26.3 Å². The smallest absolute Gasteiger partial charge is 0.353 e. The van der Waals surface area contributed by atoms with Gasteiger partial charge in [0.1, 0.15) is 11.5 Å². The average Bonchev–Trinajstić information content (AvgIpc) is 3.03. The van der Waals surface area contributed by atoms with Crippen LogP contribution in [0.15, 0.2) is 65.6 Å². The summed E-state index contributed by atoms with van der Waals surface area (Å²) in [6.07, 6.45) is 1.50. The third-order valence-corrected chi connectivity index (χ3v) is 5.33. The Morgan fingerprint density at radius 2 is 1.90 bits per heavy atom. The van der Waals surface area contributed by atoms with E-state index in [4.69, 9.17) is 0 Å². The van der Waals surface area contributed by atoms with E-state index in [2.05, 4.69) is 4.98 Å². The summed E-state index contributed by atoms with van der Waals surface area (Å²) >= 11 is 0. The molecule has 0 aliphatic rings. The molecule has 30 heavy (non-hydrogen) atoms. The lowest BCUT2D eigenvalue weighted by Crippen LogP contribution is -2.14. The molecule has 0 amide bonds. The number of aromatic amines is 1. The van der Waals surface area contributed by atoms with Gasteiger partial charge in [-0.15, -0.1) is 0 Å². The van der Waals surface area contributed by atoms with Crippen molar-refractivity contribution in [3.63, 3.8) is 0 Å². The van der Waals surface area contributed by atoms with Gasteiger partial charge in [0.05, 0.1) is 6.54 Å². The van der Waals surface area contributed by atoms with E-state index < -0.39 is 11.8 Å². The van der Waals surface area contributed by atoms with Crippen LogP contribution in [0.3, 0.4) is 0 Å². The van der Waals surface area contributed by atoms with Crippen LogP contribution in [0, 0.1) is 5.82 Å². The summed E-state index contributed by atoms with van der Waals surface area (Å²) in [4.78, 5) is 27.5. The average molecular weight is 404 g/mol. The fourth-order valence-electron chi connectivity index (χ4n) is 3.81. The van der Waals surface area contributed by atoms with Crippen LogP contribution < -0.4 is 5.56 Å². The quantitative estimate of drug-likeness (QED) is 0.491. The lowest BCUT2D eigenvalue weighted by atomic mass is 9.97. The molecule has 0 radical (unpaired) electrons. The highest BCUT2D eigenvalue weighted by atomic mass is 19.1. The van der Waals surface area contributed by atoms with Crippen LogP contribution in [0.4, 0.5) is 4.39 Å². The van der Waals surface area contributed by atoms with Crippen molar-refractivity contribution in [1.82, 2.24) is 9.55 Å². The zero-order valence-electron chi connectivity index (χ0n) is 16.6. The Labute approximate surface area is 172 Å². The second-order valence-corrected chi connectivity index (χ2v) is 7.55. The molecule has 6 heteroatoms. The third kappa shape index (κ3) is 3.30. The van der Waals surface area contributed by atoms with E-state index in [-0.39, 0.29) is 29.3 Å². The number of rotatable bonds is 5.